The summed E-state index contributed by atoms with van der Waals surface area (Å²) in [6, 6.07) is 13.6. The van der Waals surface area contributed by atoms with E-state index in [1.54, 1.807) is 36.4 Å². The van der Waals surface area contributed by atoms with E-state index in [1.165, 1.54) is 13.3 Å². The molecule has 1 aromatic heterocycles. The van der Waals surface area contributed by atoms with Gasteiger partial charge in [-0.2, -0.15) is 4.98 Å². The molecule has 2 amide bonds. The minimum atomic E-state index is -0.389. The molecule has 3 aromatic rings. The first-order valence-electron chi connectivity index (χ1n) is 9.21. The zero-order valence-electron chi connectivity index (χ0n) is 15.4. The summed E-state index contributed by atoms with van der Waals surface area (Å²) in [5, 5.41) is 9.52. The maximum Gasteiger partial charge on any atom is 0.323 e. The van der Waals surface area contributed by atoms with E-state index in [0.29, 0.717) is 34.6 Å². The molecular weight excluding hydrogens is 356 g/mol. The highest BCUT2D eigenvalue weighted by atomic mass is 16.5. The van der Waals surface area contributed by atoms with Gasteiger partial charge >= 0.3 is 6.03 Å². The zero-order valence-corrected chi connectivity index (χ0v) is 15.4. The maximum absolute atomic E-state index is 12.2. The van der Waals surface area contributed by atoms with Crippen molar-refractivity contribution in [2.75, 3.05) is 10.6 Å². The van der Waals surface area contributed by atoms with Crippen molar-refractivity contribution in [3.05, 3.63) is 60.0 Å². The molecule has 7 heteroatoms. The van der Waals surface area contributed by atoms with Crippen LogP contribution in [0.3, 0.4) is 0 Å². The SMILES string of the molecule is CC(=O)c1cccc(NC(=O)Nc2ccc(-c3noc(C4CCC4)n3)cc2)c1. The second kappa shape index (κ2) is 7.64. The first-order chi connectivity index (χ1) is 13.6. The lowest BCUT2D eigenvalue weighted by Gasteiger charge is -2.20. The molecule has 0 spiro atoms. The number of benzene rings is 2. The van der Waals surface area contributed by atoms with Crippen molar-refractivity contribution < 1.29 is 14.1 Å². The van der Waals surface area contributed by atoms with Gasteiger partial charge in [-0.25, -0.2) is 4.79 Å². The largest absolute Gasteiger partial charge is 0.339 e. The molecule has 0 radical (unpaired) electrons. The number of amides is 2. The van der Waals surface area contributed by atoms with Crippen LogP contribution in [0, 0.1) is 0 Å². The van der Waals surface area contributed by atoms with Crippen molar-refractivity contribution in [2.45, 2.75) is 32.1 Å². The summed E-state index contributed by atoms with van der Waals surface area (Å²) in [6.45, 7) is 1.49. The summed E-state index contributed by atoms with van der Waals surface area (Å²) in [5.74, 6) is 1.60. The number of carbonyl (C=O) groups excluding carboxylic acids is 2. The predicted molar refractivity (Wildman–Crippen MR) is 105 cm³/mol. The number of anilines is 2. The van der Waals surface area contributed by atoms with Crippen LogP contribution in [0.25, 0.3) is 11.4 Å². The van der Waals surface area contributed by atoms with E-state index in [2.05, 4.69) is 20.8 Å². The minimum Gasteiger partial charge on any atom is -0.339 e. The number of ketones is 1. The molecule has 0 unspecified atom stereocenters. The quantitative estimate of drug-likeness (QED) is 0.620. The fourth-order valence-electron chi connectivity index (χ4n) is 2.99. The first kappa shape index (κ1) is 17.9. The average Bonchev–Trinajstić information content (AvgIpc) is 3.10. The summed E-state index contributed by atoms with van der Waals surface area (Å²) in [6.07, 6.45) is 3.42. The Morgan fingerprint density at radius 2 is 1.79 bits per heavy atom. The van der Waals surface area contributed by atoms with Crippen molar-refractivity contribution in [1.29, 1.82) is 0 Å². The monoisotopic (exact) mass is 376 g/mol. The van der Waals surface area contributed by atoms with Gasteiger partial charge in [0.1, 0.15) is 0 Å². The first-order valence-corrected chi connectivity index (χ1v) is 9.21. The molecular formula is C21H20N4O3. The molecule has 1 heterocycles. The number of nitrogens with zero attached hydrogens (tertiary/aromatic N) is 2. The molecule has 1 fully saturated rings. The van der Waals surface area contributed by atoms with E-state index < -0.39 is 0 Å². The number of carbonyl (C=O) groups is 2. The number of aromatic nitrogens is 2. The van der Waals surface area contributed by atoms with Gasteiger partial charge in [-0.15, -0.1) is 0 Å². The van der Waals surface area contributed by atoms with Crippen LogP contribution in [-0.2, 0) is 0 Å². The lowest BCUT2D eigenvalue weighted by Crippen LogP contribution is -2.19. The molecule has 0 aliphatic heterocycles. The highest BCUT2D eigenvalue weighted by Gasteiger charge is 2.25. The number of urea groups is 1. The average molecular weight is 376 g/mol. The van der Waals surface area contributed by atoms with Gasteiger partial charge in [0.2, 0.25) is 11.7 Å². The molecule has 0 saturated heterocycles. The lowest BCUT2D eigenvalue weighted by atomic mass is 9.85. The number of hydrogen-bond acceptors (Lipinski definition) is 5. The standard InChI is InChI=1S/C21H20N4O3/c1-13(26)16-6-3-7-18(12-16)23-21(27)22-17-10-8-14(9-11-17)19-24-20(28-25-19)15-4-2-5-15/h3,6-12,15H,2,4-5H2,1H3,(H2,22,23,27). The Morgan fingerprint density at radius 1 is 1.04 bits per heavy atom. The van der Waals surface area contributed by atoms with Crippen molar-refractivity contribution in [3.63, 3.8) is 0 Å². The molecule has 2 aromatic carbocycles. The zero-order chi connectivity index (χ0) is 19.5. The van der Waals surface area contributed by atoms with Crippen molar-refractivity contribution in [3.8, 4) is 11.4 Å². The highest BCUT2D eigenvalue weighted by molar-refractivity contribution is 6.01. The molecule has 4 rings (SSSR count). The Morgan fingerprint density at radius 3 is 2.46 bits per heavy atom. The summed E-state index contributed by atoms with van der Waals surface area (Å²) in [4.78, 5) is 28.1. The molecule has 142 valence electrons. The third kappa shape index (κ3) is 3.93. The number of nitrogens with one attached hydrogen (secondary N) is 2. The third-order valence-electron chi connectivity index (χ3n) is 4.82. The van der Waals surface area contributed by atoms with Gasteiger partial charge in [-0.1, -0.05) is 23.7 Å². The summed E-state index contributed by atoms with van der Waals surface area (Å²) >= 11 is 0. The van der Waals surface area contributed by atoms with Gasteiger partial charge in [0.15, 0.2) is 5.78 Å². The Kier molecular flexibility index (Phi) is 4.89. The number of rotatable bonds is 5. The Labute approximate surface area is 162 Å². The van der Waals surface area contributed by atoms with Gasteiger partial charge in [-0.05, 0) is 56.2 Å². The molecule has 0 atom stereocenters. The van der Waals surface area contributed by atoms with E-state index in [-0.39, 0.29) is 11.8 Å². The van der Waals surface area contributed by atoms with Crippen molar-refractivity contribution in [1.82, 2.24) is 10.1 Å². The second-order valence-electron chi connectivity index (χ2n) is 6.88. The van der Waals surface area contributed by atoms with Crippen LogP contribution < -0.4 is 10.6 Å². The van der Waals surface area contributed by atoms with Crippen LogP contribution in [0.1, 0.15) is 48.4 Å². The normalized spacial score (nSPS) is 13.6. The van der Waals surface area contributed by atoms with E-state index >= 15 is 0 Å². The topological polar surface area (TPSA) is 97.1 Å². The molecule has 7 nitrogen and oxygen atoms in total. The molecule has 1 aliphatic rings. The lowest BCUT2D eigenvalue weighted by molar-refractivity contribution is 0.101. The molecule has 1 saturated carbocycles. The maximum atomic E-state index is 12.2. The van der Waals surface area contributed by atoms with Crippen molar-refractivity contribution in [2.24, 2.45) is 0 Å². The minimum absolute atomic E-state index is 0.0541. The summed E-state index contributed by atoms with van der Waals surface area (Å²) in [7, 11) is 0. The van der Waals surface area contributed by atoms with Gasteiger partial charge in [0.05, 0.1) is 0 Å². The van der Waals surface area contributed by atoms with E-state index in [4.69, 9.17) is 4.52 Å². The Balaban J connectivity index is 1.38. The second-order valence-corrected chi connectivity index (χ2v) is 6.88. The Hall–Kier alpha value is -3.48. The van der Waals surface area contributed by atoms with E-state index in [1.807, 2.05) is 12.1 Å². The van der Waals surface area contributed by atoms with Crippen LogP contribution in [0.15, 0.2) is 53.1 Å². The molecule has 0 bridgehead atoms. The van der Waals surface area contributed by atoms with E-state index in [9.17, 15) is 9.59 Å². The summed E-state index contributed by atoms with van der Waals surface area (Å²) < 4.78 is 5.35. The van der Waals surface area contributed by atoms with Crippen LogP contribution in [0.5, 0.6) is 0 Å². The van der Waals surface area contributed by atoms with Crippen LogP contribution in [0.4, 0.5) is 16.2 Å². The highest BCUT2D eigenvalue weighted by Crippen LogP contribution is 2.36. The van der Waals surface area contributed by atoms with Gasteiger partial charge < -0.3 is 15.2 Å². The molecule has 28 heavy (non-hydrogen) atoms. The Bertz CT molecular complexity index is 1010. The molecule has 2 N–H and O–H groups in total. The fourth-order valence-corrected chi connectivity index (χ4v) is 2.99. The van der Waals surface area contributed by atoms with E-state index in [0.717, 1.165) is 18.4 Å². The van der Waals surface area contributed by atoms with Crippen LogP contribution >= 0.6 is 0 Å². The predicted octanol–water partition coefficient (Wildman–Crippen LogP) is 4.85. The fraction of sp³-hybridized carbons (Fsp3) is 0.238. The number of hydrogen-bond donors (Lipinski definition) is 2. The van der Waals surface area contributed by atoms with Gasteiger partial charge in [0.25, 0.3) is 0 Å². The summed E-state index contributed by atoms with van der Waals surface area (Å²) in [5.41, 5.74) is 2.56. The third-order valence-corrected chi connectivity index (χ3v) is 4.82. The van der Waals surface area contributed by atoms with Crippen molar-refractivity contribution >= 4 is 23.2 Å². The van der Waals surface area contributed by atoms with Crippen LogP contribution in [0.2, 0.25) is 0 Å². The smallest absolute Gasteiger partial charge is 0.323 e. The number of Topliss-reactive ketones (excluding diaryl/α,β-unsaturated/α-hetero) is 1. The van der Waals surface area contributed by atoms with Gasteiger partial charge in [-0.3, -0.25) is 4.79 Å². The van der Waals surface area contributed by atoms with Crippen LogP contribution in [-0.4, -0.2) is 22.0 Å². The molecule has 1 aliphatic carbocycles. The van der Waals surface area contributed by atoms with Gasteiger partial charge in [0, 0.05) is 28.4 Å².